The number of hydrogen-bond donors (Lipinski definition) is 0. The molecule has 2 aromatic carbocycles. The summed E-state index contributed by atoms with van der Waals surface area (Å²) in [5.74, 6) is 0.221. The van der Waals surface area contributed by atoms with Crippen LogP contribution in [0.3, 0.4) is 0 Å². The normalized spacial score (nSPS) is 16.7. The maximum Gasteiger partial charge on any atom is 0.166 e. The molecule has 0 atom stereocenters. The Labute approximate surface area is 130 Å². The fraction of sp³-hybridized carbons (Fsp3) is 0.0952. The van der Waals surface area contributed by atoms with Gasteiger partial charge in [-0.15, -0.1) is 0 Å². The summed E-state index contributed by atoms with van der Waals surface area (Å²) in [5, 5.41) is 0. The fourth-order valence-electron chi connectivity index (χ4n) is 3.24. The van der Waals surface area contributed by atoms with Crippen LogP contribution in [0.25, 0.3) is 5.57 Å². The zero-order valence-electron chi connectivity index (χ0n) is 12.3. The number of fused-ring (bicyclic) bond motifs is 1. The SMILES string of the molecule is O=C1CC=CC2=C1C=C(c1ccccc1)c1ccccc1C2. The van der Waals surface area contributed by atoms with Crippen molar-refractivity contribution in [3.05, 3.63) is 101 Å². The molecule has 0 amide bonds. The van der Waals surface area contributed by atoms with Crippen LogP contribution >= 0.6 is 0 Å². The van der Waals surface area contributed by atoms with Crippen molar-refractivity contribution in [2.24, 2.45) is 0 Å². The maximum atomic E-state index is 12.4. The van der Waals surface area contributed by atoms with Crippen LogP contribution in [-0.4, -0.2) is 5.78 Å². The molecule has 0 saturated heterocycles. The first kappa shape index (κ1) is 13.0. The van der Waals surface area contributed by atoms with Gasteiger partial charge in [0.1, 0.15) is 0 Å². The van der Waals surface area contributed by atoms with Crippen molar-refractivity contribution in [2.45, 2.75) is 12.8 Å². The number of benzene rings is 2. The smallest absolute Gasteiger partial charge is 0.166 e. The van der Waals surface area contributed by atoms with Crippen LogP contribution in [0.15, 0.2) is 84.0 Å². The molecule has 0 N–H and O–H groups in total. The van der Waals surface area contributed by atoms with E-state index in [1.807, 2.05) is 24.3 Å². The molecule has 22 heavy (non-hydrogen) atoms. The highest BCUT2D eigenvalue weighted by molar-refractivity contribution is 6.04. The molecule has 4 rings (SSSR count). The van der Waals surface area contributed by atoms with Crippen LogP contribution in [0.5, 0.6) is 0 Å². The molecule has 106 valence electrons. The van der Waals surface area contributed by atoms with Crippen molar-refractivity contribution < 1.29 is 4.79 Å². The largest absolute Gasteiger partial charge is 0.294 e. The number of carbonyl (C=O) groups excluding carboxylic acids is 1. The van der Waals surface area contributed by atoms with Crippen molar-refractivity contribution in [3.63, 3.8) is 0 Å². The molecule has 0 fully saturated rings. The molecule has 2 aliphatic rings. The lowest BCUT2D eigenvalue weighted by Gasteiger charge is -2.11. The van der Waals surface area contributed by atoms with Gasteiger partial charge in [-0.25, -0.2) is 0 Å². The quantitative estimate of drug-likeness (QED) is 0.753. The summed E-state index contributed by atoms with van der Waals surface area (Å²) in [6.45, 7) is 0. The third-order valence-electron chi connectivity index (χ3n) is 4.33. The highest BCUT2D eigenvalue weighted by atomic mass is 16.1. The average Bonchev–Trinajstić information content (AvgIpc) is 2.73. The molecule has 0 aromatic heterocycles. The zero-order valence-corrected chi connectivity index (χ0v) is 12.3. The molecule has 1 heteroatoms. The van der Waals surface area contributed by atoms with Crippen molar-refractivity contribution in [2.75, 3.05) is 0 Å². The Kier molecular flexibility index (Phi) is 3.12. The third-order valence-corrected chi connectivity index (χ3v) is 4.33. The third kappa shape index (κ3) is 2.15. The van der Waals surface area contributed by atoms with E-state index in [0.717, 1.165) is 28.7 Å². The van der Waals surface area contributed by atoms with Crippen LogP contribution in [0.2, 0.25) is 0 Å². The first-order valence-electron chi connectivity index (χ1n) is 7.61. The summed E-state index contributed by atoms with van der Waals surface area (Å²) >= 11 is 0. The molecule has 1 nitrogen and oxygen atoms in total. The summed E-state index contributed by atoms with van der Waals surface area (Å²) in [4.78, 5) is 12.4. The van der Waals surface area contributed by atoms with Crippen molar-refractivity contribution in [1.82, 2.24) is 0 Å². The van der Waals surface area contributed by atoms with Crippen LogP contribution < -0.4 is 0 Å². The maximum absolute atomic E-state index is 12.4. The van der Waals surface area contributed by atoms with E-state index in [1.54, 1.807) is 0 Å². The number of carbonyl (C=O) groups is 1. The Bertz CT molecular complexity index is 835. The van der Waals surface area contributed by atoms with Gasteiger partial charge in [0, 0.05) is 12.0 Å². The Balaban J connectivity index is 1.99. The molecule has 2 aliphatic carbocycles. The second-order valence-electron chi connectivity index (χ2n) is 5.73. The van der Waals surface area contributed by atoms with Gasteiger partial charge in [-0.05, 0) is 40.3 Å². The molecular weight excluding hydrogens is 268 g/mol. The Morgan fingerprint density at radius 1 is 0.864 bits per heavy atom. The first-order chi connectivity index (χ1) is 10.8. The van der Waals surface area contributed by atoms with E-state index in [9.17, 15) is 4.79 Å². The molecule has 0 aliphatic heterocycles. The average molecular weight is 284 g/mol. The second kappa shape index (κ2) is 5.27. The van der Waals surface area contributed by atoms with Gasteiger partial charge in [-0.3, -0.25) is 4.79 Å². The van der Waals surface area contributed by atoms with Gasteiger partial charge in [-0.1, -0.05) is 66.7 Å². The number of hydrogen-bond acceptors (Lipinski definition) is 1. The summed E-state index contributed by atoms with van der Waals surface area (Å²) in [6, 6.07) is 18.8. The van der Waals surface area contributed by atoms with Gasteiger partial charge in [-0.2, -0.15) is 0 Å². The van der Waals surface area contributed by atoms with Crippen molar-refractivity contribution in [3.8, 4) is 0 Å². The monoisotopic (exact) mass is 284 g/mol. The van der Waals surface area contributed by atoms with Gasteiger partial charge in [0.15, 0.2) is 5.78 Å². The van der Waals surface area contributed by atoms with E-state index in [4.69, 9.17) is 0 Å². The highest BCUT2D eigenvalue weighted by Crippen LogP contribution is 2.35. The zero-order chi connectivity index (χ0) is 14.9. The lowest BCUT2D eigenvalue weighted by atomic mass is 9.93. The molecule has 0 saturated carbocycles. The number of Topliss-reactive ketones (excluding diaryl/α,β-unsaturated/α-hetero) is 1. The van der Waals surface area contributed by atoms with E-state index in [1.165, 1.54) is 11.1 Å². The minimum atomic E-state index is 0.221. The van der Waals surface area contributed by atoms with Gasteiger partial charge < -0.3 is 0 Å². The molecular formula is C21H16O. The summed E-state index contributed by atoms with van der Waals surface area (Å²) in [5.41, 5.74) is 6.81. The van der Waals surface area contributed by atoms with Gasteiger partial charge in [0.05, 0.1) is 0 Å². The predicted octanol–water partition coefficient (Wildman–Crippen LogP) is 4.50. The number of allylic oxidation sites excluding steroid dienone is 5. The lowest BCUT2D eigenvalue weighted by molar-refractivity contribution is -0.114. The highest BCUT2D eigenvalue weighted by Gasteiger charge is 2.22. The van der Waals surface area contributed by atoms with Crippen LogP contribution in [0.4, 0.5) is 0 Å². The van der Waals surface area contributed by atoms with E-state index < -0.39 is 0 Å². The molecule has 2 aromatic rings. The topological polar surface area (TPSA) is 17.1 Å². The second-order valence-corrected chi connectivity index (χ2v) is 5.73. The van der Waals surface area contributed by atoms with Gasteiger partial charge >= 0.3 is 0 Å². The van der Waals surface area contributed by atoms with Crippen LogP contribution in [0.1, 0.15) is 23.1 Å². The molecule has 0 heterocycles. The van der Waals surface area contributed by atoms with Gasteiger partial charge in [0.25, 0.3) is 0 Å². The predicted molar refractivity (Wildman–Crippen MR) is 89.5 cm³/mol. The van der Waals surface area contributed by atoms with E-state index in [0.29, 0.717) is 6.42 Å². The Morgan fingerprint density at radius 3 is 2.50 bits per heavy atom. The van der Waals surface area contributed by atoms with E-state index in [-0.39, 0.29) is 5.78 Å². The number of rotatable bonds is 1. The first-order valence-corrected chi connectivity index (χ1v) is 7.61. The molecule has 0 radical (unpaired) electrons. The van der Waals surface area contributed by atoms with E-state index in [2.05, 4.69) is 48.6 Å². The van der Waals surface area contributed by atoms with E-state index >= 15 is 0 Å². The minimum absolute atomic E-state index is 0.221. The summed E-state index contributed by atoms with van der Waals surface area (Å²) in [7, 11) is 0. The summed E-state index contributed by atoms with van der Waals surface area (Å²) in [6.07, 6.45) is 7.50. The standard InChI is InChI=1S/C21H16O/c22-21-12-6-10-17-13-16-9-4-5-11-18(16)19(14-20(17)21)15-7-2-1-3-8-15/h1-11,14H,12-13H2. The van der Waals surface area contributed by atoms with Crippen LogP contribution in [-0.2, 0) is 11.2 Å². The summed E-state index contributed by atoms with van der Waals surface area (Å²) < 4.78 is 0. The molecule has 0 bridgehead atoms. The van der Waals surface area contributed by atoms with Crippen LogP contribution in [0, 0.1) is 0 Å². The number of ketones is 1. The Morgan fingerprint density at radius 2 is 1.64 bits per heavy atom. The molecule has 0 spiro atoms. The lowest BCUT2D eigenvalue weighted by Crippen LogP contribution is -2.07. The Hall–Kier alpha value is -2.67. The minimum Gasteiger partial charge on any atom is -0.294 e. The fourth-order valence-corrected chi connectivity index (χ4v) is 3.24. The van der Waals surface area contributed by atoms with Crippen molar-refractivity contribution in [1.29, 1.82) is 0 Å². The molecule has 0 unspecified atom stereocenters. The van der Waals surface area contributed by atoms with Crippen molar-refractivity contribution >= 4 is 11.4 Å². The van der Waals surface area contributed by atoms with Gasteiger partial charge in [0.2, 0.25) is 0 Å².